The van der Waals surface area contributed by atoms with Gasteiger partial charge in [-0.2, -0.15) is 0 Å². The molecule has 0 aliphatic carbocycles. The van der Waals surface area contributed by atoms with Crippen LogP contribution in [0.15, 0.2) is 17.1 Å². The van der Waals surface area contributed by atoms with E-state index in [1.165, 1.54) is 17.8 Å². The van der Waals surface area contributed by atoms with E-state index in [0.717, 1.165) is 0 Å². The van der Waals surface area contributed by atoms with Gasteiger partial charge in [0.2, 0.25) is 0 Å². The minimum atomic E-state index is -1.26. The number of morpholine rings is 1. The summed E-state index contributed by atoms with van der Waals surface area (Å²) in [4.78, 5) is 41.5. The molecule has 10 nitrogen and oxygen atoms in total. The Kier molecular flexibility index (Phi) is 4.76. The average Bonchev–Trinajstić information content (AvgIpc) is 2.65. The molecule has 0 spiro atoms. The van der Waals surface area contributed by atoms with Crippen molar-refractivity contribution in [2.75, 3.05) is 37.7 Å². The van der Waals surface area contributed by atoms with Gasteiger partial charge in [0.15, 0.2) is 0 Å². The van der Waals surface area contributed by atoms with Gasteiger partial charge in [-0.25, -0.2) is 4.98 Å². The van der Waals surface area contributed by atoms with Crippen molar-refractivity contribution in [3.63, 3.8) is 0 Å². The van der Waals surface area contributed by atoms with Crippen LogP contribution in [0.2, 0.25) is 0 Å². The Hall–Kier alpha value is -3.14. The van der Waals surface area contributed by atoms with Crippen molar-refractivity contribution in [1.29, 1.82) is 0 Å². The first-order valence-electron chi connectivity index (χ1n) is 7.94. The topological polar surface area (TPSA) is 134 Å². The molecule has 10 heteroatoms. The molecular formula is C16H18N4O6. The van der Waals surface area contributed by atoms with Gasteiger partial charge in [-0.15, -0.1) is 0 Å². The highest BCUT2D eigenvalue weighted by Crippen LogP contribution is 2.28. The van der Waals surface area contributed by atoms with Crippen LogP contribution < -0.4 is 15.8 Å². The number of fused-ring (bicyclic) bond motifs is 1. The molecule has 138 valence electrons. The Morgan fingerprint density at radius 2 is 2.04 bits per heavy atom. The van der Waals surface area contributed by atoms with Crippen molar-refractivity contribution in [2.24, 2.45) is 7.05 Å². The largest absolute Gasteiger partial charge is 0.506 e. The molecule has 1 aliphatic heterocycles. The lowest BCUT2D eigenvalue weighted by Gasteiger charge is -2.28. The summed E-state index contributed by atoms with van der Waals surface area (Å²) in [6, 6.07) is 1.60. The third-order valence-electron chi connectivity index (χ3n) is 4.20. The summed E-state index contributed by atoms with van der Waals surface area (Å²) in [7, 11) is 1.45. The van der Waals surface area contributed by atoms with Crippen molar-refractivity contribution in [3.8, 4) is 5.75 Å². The number of aryl methyl sites for hydroxylation is 1. The first-order chi connectivity index (χ1) is 12.4. The van der Waals surface area contributed by atoms with Gasteiger partial charge >= 0.3 is 5.97 Å². The lowest BCUT2D eigenvalue weighted by Crippen LogP contribution is -2.37. The van der Waals surface area contributed by atoms with E-state index in [4.69, 9.17) is 9.84 Å². The average molecular weight is 362 g/mol. The molecule has 0 radical (unpaired) electrons. The Morgan fingerprint density at radius 3 is 2.69 bits per heavy atom. The van der Waals surface area contributed by atoms with Crippen LogP contribution in [0.1, 0.15) is 10.4 Å². The zero-order chi connectivity index (χ0) is 18.8. The van der Waals surface area contributed by atoms with Crippen LogP contribution in [0.25, 0.3) is 10.9 Å². The molecule has 1 aliphatic rings. The minimum Gasteiger partial charge on any atom is -0.506 e. The van der Waals surface area contributed by atoms with Gasteiger partial charge in [-0.1, -0.05) is 0 Å². The van der Waals surface area contributed by atoms with E-state index in [-0.39, 0.29) is 5.39 Å². The van der Waals surface area contributed by atoms with E-state index in [1.54, 1.807) is 6.07 Å². The summed E-state index contributed by atoms with van der Waals surface area (Å²) < 4.78 is 6.49. The number of nitrogens with zero attached hydrogens (tertiary/aromatic N) is 3. The number of nitrogens with one attached hydrogen (secondary N) is 1. The van der Waals surface area contributed by atoms with E-state index in [1.807, 2.05) is 4.90 Å². The van der Waals surface area contributed by atoms with Crippen molar-refractivity contribution in [3.05, 3.63) is 28.2 Å². The molecule has 26 heavy (non-hydrogen) atoms. The number of carbonyl (C=O) groups excluding carboxylic acids is 1. The first kappa shape index (κ1) is 17.7. The smallest absolute Gasteiger partial charge is 0.322 e. The van der Waals surface area contributed by atoms with Crippen molar-refractivity contribution in [2.45, 2.75) is 0 Å². The van der Waals surface area contributed by atoms with Gasteiger partial charge in [-0.3, -0.25) is 14.4 Å². The molecule has 0 atom stereocenters. The van der Waals surface area contributed by atoms with Gasteiger partial charge in [-0.05, 0) is 6.07 Å². The number of hydrogen-bond donors (Lipinski definition) is 3. The Bertz CT molecular complexity index is 932. The number of rotatable bonds is 4. The van der Waals surface area contributed by atoms with Crippen LogP contribution in [-0.2, 0) is 16.6 Å². The zero-order valence-corrected chi connectivity index (χ0v) is 14.1. The zero-order valence-electron chi connectivity index (χ0n) is 14.1. The highest BCUT2D eigenvalue weighted by atomic mass is 16.5. The number of pyridine rings is 2. The number of hydrogen-bond acceptors (Lipinski definition) is 7. The Morgan fingerprint density at radius 1 is 1.35 bits per heavy atom. The molecule has 1 fully saturated rings. The third kappa shape index (κ3) is 3.18. The van der Waals surface area contributed by atoms with Gasteiger partial charge in [0.05, 0.1) is 24.9 Å². The summed E-state index contributed by atoms with van der Waals surface area (Å²) in [5.41, 5.74) is -0.876. The predicted molar refractivity (Wildman–Crippen MR) is 91.6 cm³/mol. The van der Waals surface area contributed by atoms with E-state index < -0.39 is 35.3 Å². The molecule has 0 unspecified atom stereocenters. The number of carboxylic acid groups (broad SMARTS) is 1. The van der Waals surface area contributed by atoms with E-state index >= 15 is 0 Å². The molecule has 2 aromatic rings. The molecule has 2 aromatic heterocycles. The Balaban J connectivity index is 2.09. The molecule has 1 saturated heterocycles. The number of amides is 1. The third-order valence-corrected chi connectivity index (χ3v) is 4.20. The highest BCUT2D eigenvalue weighted by molar-refractivity contribution is 6.03. The number of carboxylic acids is 1. The molecule has 0 saturated carbocycles. The number of carbonyl (C=O) groups is 2. The lowest BCUT2D eigenvalue weighted by atomic mass is 10.1. The fraction of sp³-hybridized carbons (Fsp3) is 0.375. The fourth-order valence-corrected chi connectivity index (χ4v) is 2.82. The summed E-state index contributed by atoms with van der Waals surface area (Å²) in [5, 5.41) is 21.6. The van der Waals surface area contributed by atoms with Gasteiger partial charge in [0.25, 0.3) is 11.5 Å². The van der Waals surface area contributed by atoms with Crippen LogP contribution in [-0.4, -0.2) is 64.5 Å². The standard InChI is InChI=1S/C16H18N4O6/c1-19-10-7-17-11(20-2-4-26-5-3-20)6-9(10)14(23)13(16(19)25)15(24)18-8-12(21)22/h6-7,23H,2-5,8H2,1H3,(H,18,24)(H,21,22). The normalized spacial score (nSPS) is 14.4. The second-order valence-electron chi connectivity index (χ2n) is 5.82. The number of aromatic nitrogens is 2. The quantitative estimate of drug-likeness (QED) is 0.649. The molecular weight excluding hydrogens is 344 g/mol. The van der Waals surface area contributed by atoms with Crippen molar-refractivity contribution in [1.82, 2.24) is 14.9 Å². The summed E-state index contributed by atoms with van der Waals surface area (Å²) in [6.07, 6.45) is 1.46. The lowest BCUT2D eigenvalue weighted by molar-refractivity contribution is -0.135. The number of ether oxygens (including phenoxy) is 1. The summed E-state index contributed by atoms with van der Waals surface area (Å²) in [6.45, 7) is 1.73. The van der Waals surface area contributed by atoms with Gasteiger partial charge in [0, 0.05) is 25.5 Å². The SMILES string of the molecule is Cn1c(=O)c(C(=O)NCC(=O)O)c(O)c2cc(N3CCOCC3)ncc21. The van der Waals surface area contributed by atoms with Crippen molar-refractivity contribution >= 4 is 28.6 Å². The molecule has 3 heterocycles. The molecule has 1 amide bonds. The fourth-order valence-electron chi connectivity index (χ4n) is 2.82. The first-order valence-corrected chi connectivity index (χ1v) is 7.94. The van der Waals surface area contributed by atoms with Crippen LogP contribution in [0, 0.1) is 0 Å². The van der Waals surface area contributed by atoms with Crippen LogP contribution in [0.5, 0.6) is 5.75 Å². The number of aromatic hydroxyl groups is 1. The van der Waals surface area contributed by atoms with Crippen molar-refractivity contribution < 1.29 is 24.5 Å². The minimum absolute atomic E-state index is 0.282. The monoisotopic (exact) mass is 362 g/mol. The van der Waals surface area contributed by atoms with Gasteiger partial charge in [0.1, 0.15) is 23.7 Å². The summed E-state index contributed by atoms with van der Waals surface area (Å²) in [5.74, 6) is -2.11. The molecule has 0 bridgehead atoms. The Labute approximate surface area is 147 Å². The second-order valence-corrected chi connectivity index (χ2v) is 5.82. The predicted octanol–water partition coefficient (Wildman–Crippen LogP) is -0.710. The summed E-state index contributed by atoms with van der Waals surface area (Å²) >= 11 is 0. The second kappa shape index (κ2) is 7.00. The maximum Gasteiger partial charge on any atom is 0.322 e. The molecule has 3 N–H and O–H groups in total. The molecule has 0 aromatic carbocycles. The van der Waals surface area contributed by atoms with Gasteiger partial charge < -0.3 is 29.7 Å². The van der Waals surface area contributed by atoms with E-state index in [0.29, 0.717) is 37.6 Å². The van der Waals surface area contributed by atoms with E-state index in [9.17, 15) is 19.5 Å². The van der Waals surface area contributed by atoms with E-state index in [2.05, 4.69) is 10.3 Å². The number of anilines is 1. The molecule has 3 rings (SSSR count). The highest BCUT2D eigenvalue weighted by Gasteiger charge is 2.23. The van der Waals surface area contributed by atoms with Crippen LogP contribution in [0.3, 0.4) is 0 Å². The maximum absolute atomic E-state index is 12.4. The van der Waals surface area contributed by atoms with Crippen LogP contribution in [0.4, 0.5) is 5.82 Å². The van der Waals surface area contributed by atoms with Crippen LogP contribution >= 0.6 is 0 Å². The maximum atomic E-state index is 12.4. The number of aliphatic carboxylic acids is 1.